The summed E-state index contributed by atoms with van der Waals surface area (Å²) in [5.41, 5.74) is 2.13. The zero-order valence-electron chi connectivity index (χ0n) is 22.9. The van der Waals surface area contributed by atoms with Gasteiger partial charge in [0.25, 0.3) is 0 Å². The number of ether oxygens (including phenoxy) is 1. The van der Waals surface area contributed by atoms with Crippen LogP contribution in [0.4, 0.5) is 10.2 Å². The summed E-state index contributed by atoms with van der Waals surface area (Å²) in [6.45, 7) is 7.23. The number of anilines is 1. The predicted molar refractivity (Wildman–Crippen MR) is 159 cm³/mol. The lowest BCUT2D eigenvalue weighted by molar-refractivity contribution is 0.0702. The van der Waals surface area contributed by atoms with Gasteiger partial charge >= 0.3 is 5.97 Å². The average molecular weight is 610 g/mol. The van der Waals surface area contributed by atoms with E-state index < -0.39 is 11.8 Å². The van der Waals surface area contributed by atoms with Crippen molar-refractivity contribution in [3.05, 3.63) is 87.8 Å². The van der Waals surface area contributed by atoms with Gasteiger partial charge in [-0.3, -0.25) is 4.90 Å². The van der Waals surface area contributed by atoms with Gasteiger partial charge < -0.3 is 23.9 Å². The molecule has 1 aliphatic heterocycles. The molecule has 10 nitrogen and oxygen atoms in total. The molecule has 0 atom stereocenters. The summed E-state index contributed by atoms with van der Waals surface area (Å²) >= 11 is 7.04. The molecule has 1 saturated heterocycles. The number of hydrogen-bond acceptors (Lipinski definition) is 8. The monoisotopic (exact) mass is 609 g/mol. The van der Waals surface area contributed by atoms with Crippen LogP contribution in [0.2, 0.25) is 5.02 Å². The molecule has 13 heteroatoms. The van der Waals surface area contributed by atoms with Crippen LogP contribution in [0.5, 0.6) is 5.88 Å². The minimum atomic E-state index is -0.947. The van der Waals surface area contributed by atoms with Gasteiger partial charge in [-0.25, -0.2) is 19.2 Å². The van der Waals surface area contributed by atoms with Crippen LogP contribution in [0, 0.1) is 5.82 Å². The number of aromatic nitrogens is 5. The summed E-state index contributed by atoms with van der Waals surface area (Å²) in [5.74, 6) is 0.762. The normalized spacial score (nSPS) is 14.1. The van der Waals surface area contributed by atoms with Crippen LogP contribution in [0.3, 0.4) is 0 Å². The van der Waals surface area contributed by atoms with Crippen molar-refractivity contribution < 1.29 is 19.0 Å². The number of carboxylic acids is 1. The predicted octanol–water partition coefficient (Wildman–Crippen LogP) is 5.15. The number of aromatic carboxylic acids is 1. The molecule has 0 spiro atoms. The number of hydrogen-bond donors (Lipinski definition) is 1. The molecule has 5 aromatic rings. The molecular weight excluding hydrogens is 581 g/mol. The Morgan fingerprint density at radius 1 is 1.12 bits per heavy atom. The Morgan fingerprint density at radius 2 is 1.95 bits per heavy atom. The summed E-state index contributed by atoms with van der Waals surface area (Å²) in [6, 6.07) is 11.8. The Labute approximate surface area is 250 Å². The Balaban J connectivity index is 1.12. The molecule has 0 amide bonds. The van der Waals surface area contributed by atoms with Gasteiger partial charge in [-0.05, 0) is 31.2 Å². The molecule has 0 unspecified atom stereocenters. The fourth-order valence-corrected chi connectivity index (χ4v) is 6.02. The maximum Gasteiger partial charge on any atom is 0.346 e. The highest BCUT2D eigenvalue weighted by atomic mass is 35.5. The van der Waals surface area contributed by atoms with Gasteiger partial charge in [0.15, 0.2) is 0 Å². The van der Waals surface area contributed by atoms with Crippen LogP contribution >= 0.6 is 22.9 Å². The number of thiophene rings is 1. The number of halogens is 2. The molecule has 1 aliphatic rings. The van der Waals surface area contributed by atoms with E-state index in [-0.39, 0.29) is 11.5 Å². The van der Waals surface area contributed by atoms with Crippen LogP contribution < -0.4 is 9.64 Å². The highest BCUT2D eigenvalue weighted by molar-refractivity contribution is 7.20. The number of carboxylic acid groups (broad SMARTS) is 1. The van der Waals surface area contributed by atoms with Crippen molar-refractivity contribution in [1.29, 1.82) is 0 Å². The van der Waals surface area contributed by atoms with Crippen LogP contribution in [0.25, 0.3) is 10.3 Å². The minimum absolute atomic E-state index is 0.0595. The number of carbonyl (C=O) groups is 1. The summed E-state index contributed by atoms with van der Waals surface area (Å²) in [7, 11) is 0. The molecule has 218 valence electrons. The standard InChI is InChI=1S/C29H29ClFN7O3S/c1-2-35-14-21(32-18-35)15-38-23-13-24(29(39)40)42-28(23)34-26(38)16-36-8-10-37(11-9-36)25-4-3-5-27(33-25)41-17-19-6-7-20(30)12-22(19)31/h3-7,12-14,18H,2,8-11,15-17H2,1H3,(H,39,40). The van der Waals surface area contributed by atoms with Crippen LogP contribution in [0.1, 0.15) is 33.7 Å². The number of nitrogens with zero attached hydrogens (tertiary/aromatic N) is 7. The zero-order chi connectivity index (χ0) is 29.2. The largest absolute Gasteiger partial charge is 0.477 e. The first-order chi connectivity index (χ1) is 20.4. The Hall–Kier alpha value is -4.00. The number of fused-ring (bicyclic) bond motifs is 1. The average Bonchev–Trinajstić information content (AvgIpc) is 3.69. The lowest BCUT2D eigenvalue weighted by Gasteiger charge is -2.35. The van der Waals surface area contributed by atoms with E-state index in [9.17, 15) is 14.3 Å². The summed E-state index contributed by atoms with van der Waals surface area (Å²) in [6.07, 6.45) is 3.82. The van der Waals surface area contributed by atoms with Crippen molar-refractivity contribution in [2.45, 2.75) is 33.2 Å². The van der Waals surface area contributed by atoms with Crippen molar-refractivity contribution in [3.63, 3.8) is 0 Å². The van der Waals surface area contributed by atoms with Crippen molar-refractivity contribution >= 4 is 45.1 Å². The Bertz CT molecular complexity index is 1730. The van der Waals surface area contributed by atoms with Crippen molar-refractivity contribution in [2.24, 2.45) is 0 Å². The van der Waals surface area contributed by atoms with Gasteiger partial charge in [0.05, 0.1) is 30.6 Å². The first-order valence-electron chi connectivity index (χ1n) is 13.6. The highest BCUT2D eigenvalue weighted by Crippen LogP contribution is 2.28. The summed E-state index contributed by atoms with van der Waals surface area (Å²) < 4.78 is 24.0. The van der Waals surface area contributed by atoms with Gasteiger partial charge in [0, 0.05) is 55.6 Å². The minimum Gasteiger partial charge on any atom is -0.477 e. The lowest BCUT2D eigenvalue weighted by atomic mass is 10.2. The maximum absolute atomic E-state index is 14.1. The van der Waals surface area contributed by atoms with E-state index >= 15 is 0 Å². The molecule has 5 heterocycles. The van der Waals surface area contributed by atoms with E-state index in [1.807, 2.05) is 29.2 Å². The van der Waals surface area contributed by atoms with Crippen LogP contribution in [0.15, 0.2) is 55.0 Å². The fourth-order valence-electron chi connectivity index (χ4n) is 4.97. The second-order valence-corrected chi connectivity index (χ2v) is 11.5. The molecule has 42 heavy (non-hydrogen) atoms. The van der Waals surface area contributed by atoms with E-state index in [0.29, 0.717) is 29.6 Å². The van der Waals surface area contributed by atoms with E-state index in [2.05, 4.69) is 31.3 Å². The molecule has 6 rings (SSSR count). The highest BCUT2D eigenvalue weighted by Gasteiger charge is 2.23. The lowest BCUT2D eigenvalue weighted by Crippen LogP contribution is -2.46. The Morgan fingerprint density at radius 3 is 2.69 bits per heavy atom. The van der Waals surface area contributed by atoms with E-state index in [4.69, 9.17) is 21.3 Å². The molecule has 0 aliphatic carbocycles. The second-order valence-electron chi connectivity index (χ2n) is 10.0. The van der Waals surface area contributed by atoms with Crippen molar-refractivity contribution in [3.8, 4) is 5.88 Å². The number of piperazine rings is 1. The summed E-state index contributed by atoms with van der Waals surface area (Å²) in [4.78, 5) is 31.1. The third-order valence-electron chi connectivity index (χ3n) is 7.27. The zero-order valence-corrected chi connectivity index (χ0v) is 24.5. The number of benzene rings is 1. The fraction of sp³-hybridized carbons (Fsp3) is 0.310. The molecule has 0 saturated carbocycles. The quantitative estimate of drug-likeness (QED) is 0.232. The SMILES string of the molecule is CCn1cnc(Cn2c(CN3CCN(c4cccc(OCc5ccc(Cl)cc5F)n4)CC3)nc3sc(C(=O)O)cc32)c1. The van der Waals surface area contributed by atoms with Gasteiger partial charge in [0.2, 0.25) is 5.88 Å². The van der Waals surface area contributed by atoms with E-state index in [1.165, 1.54) is 17.4 Å². The van der Waals surface area contributed by atoms with Crippen molar-refractivity contribution in [1.82, 2.24) is 29.0 Å². The molecule has 1 aromatic carbocycles. The maximum atomic E-state index is 14.1. The Kier molecular flexibility index (Phi) is 8.09. The molecule has 0 radical (unpaired) electrons. The van der Waals surface area contributed by atoms with Crippen LogP contribution in [-0.4, -0.2) is 66.2 Å². The molecule has 4 aromatic heterocycles. The molecule has 1 N–H and O–H groups in total. The molecular formula is C29H29ClFN7O3S. The first-order valence-corrected chi connectivity index (χ1v) is 14.8. The first kappa shape index (κ1) is 28.1. The summed E-state index contributed by atoms with van der Waals surface area (Å²) in [5, 5.41) is 9.84. The third kappa shape index (κ3) is 6.10. The van der Waals surface area contributed by atoms with Gasteiger partial charge in [0.1, 0.15) is 33.8 Å². The number of pyridine rings is 1. The van der Waals surface area contributed by atoms with Crippen molar-refractivity contribution in [2.75, 3.05) is 31.1 Å². The smallest absolute Gasteiger partial charge is 0.346 e. The van der Waals surface area contributed by atoms with E-state index in [0.717, 1.165) is 60.4 Å². The van der Waals surface area contributed by atoms with E-state index in [1.54, 1.807) is 24.3 Å². The van der Waals surface area contributed by atoms with Gasteiger partial charge in [-0.15, -0.1) is 11.3 Å². The number of imidazole rings is 2. The second kappa shape index (κ2) is 12.1. The number of rotatable bonds is 10. The molecule has 0 bridgehead atoms. The van der Waals surface area contributed by atoms with Gasteiger partial charge in [-0.2, -0.15) is 4.98 Å². The van der Waals surface area contributed by atoms with Gasteiger partial charge in [-0.1, -0.05) is 23.7 Å². The topological polar surface area (TPSA) is 102 Å². The third-order valence-corrected chi connectivity index (χ3v) is 8.51. The molecule has 1 fully saturated rings. The van der Waals surface area contributed by atoms with Crippen LogP contribution in [-0.2, 0) is 26.2 Å². The number of aryl methyl sites for hydroxylation is 1.